The molecule has 0 fully saturated rings. The number of carboxylic acid groups (broad SMARTS) is 1. The largest absolute Gasteiger partial charge is 0.478 e. The molecule has 0 heterocycles. The Balaban J connectivity index is 0. The minimum atomic E-state index is -0.981. The van der Waals surface area contributed by atoms with Crippen molar-refractivity contribution in [1.29, 1.82) is 0 Å². The number of carbonyl (C=O) groups is 2. The van der Waals surface area contributed by atoms with Gasteiger partial charge in [-0.1, -0.05) is 18.7 Å². The van der Waals surface area contributed by atoms with Gasteiger partial charge in [-0.15, -0.1) is 6.58 Å². The normalized spacial score (nSPS) is 9.33. The minimum Gasteiger partial charge on any atom is -0.478 e. The van der Waals surface area contributed by atoms with Crippen molar-refractivity contribution >= 4 is 11.9 Å². The lowest BCUT2D eigenvalue weighted by molar-refractivity contribution is -0.136. The van der Waals surface area contributed by atoms with Crippen molar-refractivity contribution < 1.29 is 19.4 Å². The summed E-state index contributed by atoms with van der Waals surface area (Å²) in [7, 11) is 1.37. The molecule has 0 rings (SSSR count). The van der Waals surface area contributed by atoms with E-state index in [0.717, 1.165) is 6.08 Å². The Hall–Kier alpha value is -1.84. The number of allylic oxidation sites excluding steroid dienone is 2. The second-order valence-electron chi connectivity index (χ2n) is 2.45. The average molecular weight is 212 g/mol. The first-order valence-corrected chi connectivity index (χ1v) is 4.20. The Morgan fingerprint density at radius 3 is 2.13 bits per heavy atom. The van der Waals surface area contributed by atoms with Crippen LogP contribution in [0.5, 0.6) is 0 Å². The third kappa shape index (κ3) is 12.2. The van der Waals surface area contributed by atoms with Crippen molar-refractivity contribution in [3.05, 3.63) is 37.0 Å². The summed E-state index contributed by atoms with van der Waals surface area (Å²) in [5.41, 5.74) is 0.627. The van der Waals surface area contributed by atoms with E-state index in [2.05, 4.69) is 17.9 Å². The smallest absolute Gasteiger partial charge is 0.333 e. The maximum Gasteiger partial charge on any atom is 0.333 e. The lowest BCUT2D eigenvalue weighted by atomic mass is 10.2. The van der Waals surface area contributed by atoms with Gasteiger partial charge in [-0.3, -0.25) is 0 Å². The van der Waals surface area contributed by atoms with Gasteiger partial charge in [0, 0.05) is 11.6 Å². The number of esters is 1. The highest BCUT2D eigenvalue weighted by molar-refractivity contribution is 5.87. The molecule has 0 spiro atoms. The Morgan fingerprint density at radius 2 is 1.87 bits per heavy atom. The van der Waals surface area contributed by atoms with Crippen LogP contribution in [-0.2, 0) is 14.3 Å². The van der Waals surface area contributed by atoms with Gasteiger partial charge in [0.15, 0.2) is 0 Å². The highest BCUT2D eigenvalue weighted by Gasteiger charge is 1.99. The average Bonchev–Trinajstić information content (AvgIpc) is 2.25. The van der Waals surface area contributed by atoms with Crippen LogP contribution in [0.4, 0.5) is 0 Å². The van der Waals surface area contributed by atoms with Crippen LogP contribution in [0.15, 0.2) is 37.0 Å². The molecule has 0 aromatic rings. The Labute approximate surface area is 89.6 Å². The zero-order chi connectivity index (χ0) is 12.3. The molecule has 0 aromatic carbocycles. The zero-order valence-corrected chi connectivity index (χ0v) is 9.03. The van der Waals surface area contributed by atoms with E-state index in [0.29, 0.717) is 12.0 Å². The molecular weight excluding hydrogens is 196 g/mol. The Bertz CT molecular complexity index is 264. The van der Waals surface area contributed by atoms with Gasteiger partial charge in [-0.05, 0) is 13.3 Å². The third-order valence-corrected chi connectivity index (χ3v) is 1.27. The fraction of sp³-hybridized carbons (Fsp3) is 0.273. The van der Waals surface area contributed by atoms with Crippen molar-refractivity contribution in [2.24, 2.45) is 0 Å². The van der Waals surface area contributed by atoms with Crippen molar-refractivity contribution in [2.45, 2.75) is 13.3 Å². The first-order chi connectivity index (χ1) is 6.99. The van der Waals surface area contributed by atoms with E-state index in [1.807, 2.05) is 0 Å². The monoisotopic (exact) mass is 212 g/mol. The number of rotatable bonds is 4. The number of ether oxygens (including phenoxy) is 1. The summed E-state index contributed by atoms with van der Waals surface area (Å²) in [6.07, 6.45) is 5.05. The van der Waals surface area contributed by atoms with Gasteiger partial charge >= 0.3 is 11.9 Å². The fourth-order valence-corrected chi connectivity index (χ4v) is 0.504. The lowest BCUT2D eigenvalue weighted by Gasteiger charge is -1.95. The molecule has 4 nitrogen and oxygen atoms in total. The molecule has 0 aromatic heterocycles. The zero-order valence-electron chi connectivity index (χ0n) is 9.03. The van der Waals surface area contributed by atoms with Crippen molar-refractivity contribution in [2.75, 3.05) is 7.11 Å². The number of hydrogen-bond donors (Lipinski definition) is 1. The maximum absolute atomic E-state index is 10.7. The van der Waals surface area contributed by atoms with Gasteiger partial charge < -0.3 is 9.84 Å². The molecule has 0 amide bonds. The molecule has 0 bridgehead atoms. The highest BCUT2D eigenvalue weighted by atomic mass is 16.5. The molecule has 4 heteroatoms. The van der Waals surface area contributed by atoms with Gasteiger partial charge in [0.25, 0.3) is 0 Å². The van der Waals surface area contributed by atoms with Crippen LogP contribution < -0.4 is 0 Å². The van der Waals surface area contributed by atoms with Crippen LogP contribution in [0, 0.1) is 0 Å². The number of carboxylic acids is 1. The molecule has 1 N–H and O–H groups in total. The third-order valence-electron chi connectivity index (χ3n) is 1.27. The SMILES string of the molecule is C=CC(=O)O.C=CCC=C(C)C(=O)OC. The molecule has 0 radical (unpaired) electrons. The van der Waals surface area contributed by atoms with Crippen LogP contribution in [-0.4, -0.2) is 24.2 Å². The van der Waals surface area contributed by atoms with E-state index in [1.165, 1.54) is 7.11 Å². The van der Waals surface area contributed by atoms with Gasteiger partial charge in [0.2, 0.25) is 0 Å². The molecule has 0 saturated heterocycles. The van der Waals surface area contributed by atoms with Gasteiger partial charge in [-0.25, -0.2) is 9.59 Å². The second-order valence-corrected chi connectivity index (χ2v) is 2.45. The molecule has 0 aliphatic heterocycles. The minimum absolute atomic E-state index is 0.276. The second kappa shape index (κ2) is 10.2. The molecular formula is C11H16O4. The van der Waals surface area contributed by atoms with E-state index in [4.69, 9.17) is 5.11 Å². The molecule has 0 unspecified atom stereocenters. The van der Waals surface area contributed by atoms with Crippen LogP contribution in [0.2, 0.25) is 0 Å². The predicted octanol–water partition coefficient (Wildman–Crippen LogP) is 1.94. The summed E-state index contributed by atoms with van der Waals surface area (Å²) in [5.74, 6) is -1.26. The first-order valence-electron chi connectivity index (χ1n) is 4.20. The van der Waals surface area contributed by atoms with Crippen molar-refractivity contribution in [1.82, 2.24) is 0 Å². The fourth-order valence-electron chi connectivity index (χ4n) is 0.504. The van der Waals surface area contributed by atoms with E-state index in [1.54, 1.807) is 19.1 Å². The number of carbonyl (C=O) groups excluding carboxylic acids is 1. The summed E-state index contributed by atoms with van der Waals surface area (Å²) < 4.78 is 4.47. The maximum atomic E-state index is 10.7. The summed E-state index contributed by atoms with van der Waals surface area (Å²) in [6, 6.07) is 0. The van der Waals surface area contributed by atoms with Crippen LogP contribution in [0.3, 0.4) is 0 Å². The van der Waals surface area contributed by atoms with Crippen LogP contribution >= 0.6 is 0 Å². The standard InChI is InChI=1S/C8H12O2.C3H4O2/c1-4-5-6-7(2)8(9)10-3;1-2-3(4)5/h4,6H,1,5H2,2-3H3;2H,1H2,(H,4,5). The predicted molar refractivity (Wildman–Crippen MR) is 58.4 cm³/mol. The van der Waals surface area contributed by atoms with E-state index < -0.39 is 5.97 Å². The molecule has 15 heavy (non-hydrogen) atoms. The van der Waals surface area contributed by atoms with Crippen molar-refractivity contribution in [3.8, 4) is 0 Å². The van der Waals surface area contributed by atoms with E-state index in [-0.39, 0.29) is 5.97 Å². The summed E-state index contributed by atoms with van der Waals surface area (Å²) in [4.78, 5) is 19.9. The van der Waals surface area contributed by atoms with Crippen LogP contribution in [0.25, 0.3) is 0 Å². The summed E-state index contributed by atoms with van der Waals surface area (Å²) >= 11 is 0. The van der Waals surface area contributed by atoms with Crippen molar-refractivity contribution in [3.63, 3.8) is 0 Å². The number of hydrogen-bond acceptors (Lipinski definition) is 3. The lowest BCUT2D eigenvalue weighted by Crippen LogP contribution is -2.00. The summed E-state index contributed by atoms with van der Waals surface area (Å²) in [6.45, 7) is 8.20. The summed E-state index contributed by atoms with van der Waals surface area (Å²) in [5, 5.41) is 7.60. The van der Waals surface area contributed by atoms with E-state index >= 15 is 0 Å². The molecule has 0 aliphatic rings. The topological polar surface area (TPSA) is 63.6 Å². The van der Waals surface area contributed by atoms with Gasteiger partial charge in [-0.2, -0.15) is 0 Å². The van der Waals surface area contributed by atoms with E-state index in [9.17, 15) is 9.59 Å². The molecule has 0 saturated carbocycles. The first kappa shape index (κ1) is 15.6. The molecule has 84 valence electrons. The molecule has 0 aliphatic carbocycles. The van der Waals surface area contributed by atoms with Gasteiger partial charge in [0.05, 0.1) is 7.11 Å². The highest BCUT2D eigenvalue weighted by Crippen LogP contribution is 1.97. The Morgan fingerprint density at radius 1 is 1.40 bits per heavy atom. The number of aliphatic carboxylic acids is 1. The van der Waals surface area contributed by atoms with Gasteiger partial charge in [0.1, 0.15) is 0 Å². The quantitative estimate of drug-likeness (QED) is 0.439. The van der Waals surface area contributed by atoms with Crippen LogP contribution in [0.1, 0.15) is 13.3 Å². The Kier molecular flexibility index (Phi) is 10.7. The number of methoxy groups -OCH3 is 1. The molecule has 0 atom stereocenters.